The second-order valence-electron chi connectivity index (χ2n) is 5.01. The van der Waals surface area contributed by atoms with Gasteiger partial charge in [0.05, 0.1) is 10.8 Å². The summed E-state index contributed by atoms with van der Waals surface area (Å²) in [5, 5.41) is 9.16. The van der Waals surface area contributed by atoms with Gasteiger partial charge in [0.15, 0.2) is 0 Å². The summed E-state index contributed by atoms with van der Waals surface area (Å²) in [5.41, 5.74) is 6.04. The van der Waals surface area contributed by atoms with Gasteiger partial charge >= 0.3 is 5.97 Å². The lowest BCUT2D eigenvalue weighted by atomic mass is 9.92. The van der Waals surface area contributed by atoms with Gasteiger partial charge in [-0.25, -0.2) is 8.42 Å². The first-order valence-electron chi connectivity index (χ1n) is 6.44. The predicted molar refractivity (Wildman–Crippen MR) is 74.6 cm³/mol. The van der Waals surface area contributed by atoms with E-state index in [0.717, 1.165) is 0 Å². The van der Waals surface area contributed by atoms with Crippen LogP contribution in [0.3, 0.4) is 0 Å². The number of nitrogens with two attached hydrogens (primary N) is 1. The molecule has 1 aliphatic heterocycles. The first kappa shape index (κ1) is 14.8. The Balaban J connectivity index is 2.33. The average molecular weight is 298 g/mol. The quantitative estimate of drug-likeness (QED) is 0.815. The zero-order valence-corrected chi connectivity index (χ0v) is 12.0. The summed E-state index contributed by atoms with van der Waals surface area (Å²) in [5.74, 6) is -1.61. The van der Waals surface area contributed by atoms with Crippen LogP contribution in [0.2, 0.25) is 0 Å². The third-order valence-electron chi connectivity index (χ3n) is 3.73. The molecule has 0 aliphatic carbocycles. The summed E-state index contributed by atoms with van der Waals surface area (Å²) in [6.07, 6.45) is 1.06. The van der Waals surface area contributed by atoms with Crippen LogP contribution < -0.4 is 5.73 Å². The van der Waals surface area contributed by atoms with E-state index in [1.54, 1.807) is 6.92 Å². The minimum absolute atomic E-state index is 0.143. The molecular formula is C13H18N2O4S. The highest BCUT2D eigenvalue weighted by Crippen LogP contribution is 2.29. The second-order valence-corrected chi connectivity index (χ2v) is 6.90. The monoisotopic (exact) mass is 298 g/mol. The number of nitrogens with zero attached hydrogens (tertiary/aromatic N) is 1. The molecule has 7 heteroatoms. The zero-order valence-electron chi connectivity index (χ0n) is 11.2. The van der Waals surface area contributed by atoms with Crippen molar-refractivity contribution in [1.29, 1.82) is 0 Å². The number of sulfonamides is 1. The Morgan fingerprint density at radius 1 is 1.35 bits per heavy atom. The van der Waals surface area contributed by atoms with E-state index in [4.69, 9.17) is 10.8 Å². The minimum Gasteiger partial charge on any atom is -0.481 e. The lowest BCUT2D eigenvalue weighted by molar-refractivity contribution is -0.144. The van der Waals surface area contributed by atoms with Gasteiger partial charge in [-0.05, 0) is 44.0 Å². The molecule has 1 fully saturated rings. The van der Waals surface area contributed by atoms with E-state index in [9.17, 15) is 13.2 Å². The van der Waals surface area contributed by atoms with Crippen molar-refractivity contribution in [2.45, 2.75) is 30.7 Å². The Morgan fingerprint density at radius 3 is 2.50 bits per heavy atom. The van der Waals surface area contributed by atoms with Crippen LogP contribution in [-0.2, 0) is 14.8 Å². The summed E-state index contributed by atoms with van der Waals surface area (Å²) in [7, 11) is -3.68. The Bertz CT molecular complexity index is 597. The number of aliphatic carboxylic acids is 1. The highest BCUT2D eigenvalue weighted by Gasteiger charge is 2.39. The van der Waals surface area contributed by atoms with Crippen LogP contribution in [-0.4, -0.2) is 36.4 Å². The van der Waals surface area contributed by atoms with Crippen molar-refractivity contribution in [3.63, 3.8) is 0 Å². The van der Waals surface area contributed by atoms with Gasteiger partial charge in [0, 0.05) is 18.3 Å². The third kappa shape index (κ3) is 2.64. The van der Waals surface area contributed by atoms with Gasteiger partial charge in [-0.1, -0.05) is 0 Å². The molecule has 0 spiro atoms. The Kier molecular flexibility index (Phi) is 4.01. The molecule has 0 saturated carbocycles. The summed E-state index contributed by atoms with van der Waals surface area (Å²) in [4.78, 5) is 11.3. The maximum absolute atomic E-state index is 12.6. The smallest absolute Gasteiger partial charge is 0.308 e. The molecule has 20 heavy (non-hydrogen) atoms. The molecule has 1 heterocycles. The maximum atomic E-state index is 12.6. The predicted octanol–water partition coefficient (Wildman–Crippen LogP) is 1.14. The largest absolute Gasteiger partial charge is 0.481 e. The number of carboxylic acid groups (broad SMARTS) is 1. The van der Waals surface area contributed by atoms with Crippen LogP contribution in [0.1, 0.15) is 19.8 Å². The first-order valence-corrected chi connectivity index (χ1v) is 7.88. The lowest BCUT2D eigenvalue weighted by Crippen LogP contribution is -2.48. The highest BCUT2D eigenvalue weighted by molar-refractivity contribution is 7.89. The standard InChI is InChI=1S/C13H18N2O4S/c1-9-12(13(16)17)3-2-8-15(9)20(18,19)11-6-4-10(14)5-7-11/h4-7,9,12H,2-3,8,14H2,1H3,(H,16,17)/t9-,12-/m1/s1. The first-order chi connectivity index (χ1) is 9.34. The zero-order chi connectivity index (χ0) is 14.9. The molecule has 1 aromatic rings. The van der Waals surface area contributed by atoms with Gasteiger partial charge < -0.3 is 10.8 Å². The van der Waals surface area contributed by atoms with Crippen molar-refractivity contribution >= 4 is 21.7 Å². The Labute approximate surface area is 118 Å². The SMILES string of the molecule is C[C@@H]1[C@H](C(=O)O)CCCN1S(=O)(=O)c1ccc(N)cc1. The van der Waals surface area contributed by atoms with Crippen molar-refractivity contribution in [2.24, 2.45) is 5.92 Å². The normalized spacial score (nSPS) is 24.4. The van der Waals surface area contributed by atoms with Crippen LogP contribution >= 0.6 is 0 Å². The molecule has 2 atom stereocenters. The summed E-state index contributed by atoms with van der Waals surface area (Å²) >= 11 is 0. The van der Waals surface area contributed by atoms with E-state index >= 15 is 0 Å². The van der Waals surface area contributed by atoms with Crippen molar-refractivity contribution in [1.82, 2.24) is 4.31 Å². The lowest BCUT2D eigenvalue weighted by Gasteiger charge is -2.36. The van der Waals surface area contributed by atoms with Crippen molar-refractivity contribution < 1.29 is 18.3 Å². The average Bonchev–Trinajstić information content (AvgIpc) is 2.38. The fourth-order valence-corrected chi connectivity index (χ4v) is 4.26. The Hall–Kier alpha value is -1.60. The molecule has 0 unspecified atom stereocenters. The van der Waals surface area contributed by atoms with Gasteiger partial charge in [-0.15, -0.1) is 0 Å². The minimum atomic E-state index is -3.68. The topological polar surface area (TPSA) is 101 Å². The number of benzene rings is 1. The molecule has 0 aromatic heterocycles. The summed E-state index contributed by atoms with van der Waals surface area (Å²) in [6.45, 7) is 1.99. The molecule has 6 nitrogen and oxygen atoms in total. The van der Waals surface area contributed by atoms with E-state index in [0.29, 0.717) is 25.1 Å². The van der Waals surface area contributed by atoms with Gasteiger partial charge in [-0.3, -0.25) is 4.79 Å². The molecule has 110 valence electrons. The molecule has 0 bridgehead atoms. The number of anilines is 1. The van der Waals surface area contributed by atoms with E-state index in [-0.39, 0.29) is 4.90 Å². The van der Waals surface area contributed by atoms with E-state index in [2.05, 4.69) is 0 Å². The van der Waals surface area contributed by atoms with E-state index in [1.165, 1.54) is 28.6 Å². The highest BCUT2D eigenvalue weighted by atomic mass is 32.2. The molecular weight excluding hydrogens is 280 g/mol. The summed E-state index contributed by atoms with van der Waals surface area (Å²) in [6, 6.07) is 5.39. The molecule has 3 N–H and O–H groups in total. The van der Waals surface area contributed by atoms with Crippen LogP contribution in [0.15, 0.2) is 29.2 Å². The van der Waals surface area contributed by atoms with Gasteiger partial charge in [0.25, 0.3) is 0 Å². The van der Waals surface area contributed by atoms with Gasteiger partial charge in [0.1, 0.15) is 0 Å². The van der Waals surface area contributed by atoms with Crippen LogP contribution in [0, 0.1) is 5.92 Å². The van der Waals surface area contributed by atoms with Crippen LogP contribution in [0.5, 0.6) is 0 Å². The van der Waals surface area contributed by atoms with Crippen LogP contribution in [0.4, 0.5) is 5.69 Å². The number of carboxylic acids is 1. The van der Waals surface area contributed by atoms with Crippen LogP contribution in [0.25, 0.3) is 0 Å². The maximum Gasteiger partial charge on any atom is 0.308 e. The van der Waals surface area contributed by atoms with Gasteiger partial charge in [-0.2, -0.15) is 4.31 Å². The van der Waals surface area contributed by atoms with Crippen molar-refractivity contribution in [2.75, 3.05) is 12.3 Å². The fourth-order valence-electron chi connectivity index (χ4n) is 2.56. The molecule has 0 amide bonds. The number of hydrogen-bond acceptors (Lipinski definition) is 4. The summed E-state index contributed by atoms with van der Waals surface area (Å²) < 4.78 is 26.4. The number of rotatable bonds is 3. The Morgan fingerprint density at radius 2 is 1.95 bits per heavy atom. The van der Waals surface area contributed by atoms with Crippen molar-refractivity contribution in [3.05, 3.63) is 24.3 Å². The van der Waals surface area contributed by atoms with Gasteiger partial charge in [0.2, 0.25) is 10.0 Å². The molecule has 2 rings (SSSR count). The van der Waals surface area contributed by atoms with E-state index < -0.39 is 28.0 Å². The molecule has 0 radical (unpaired) electrons. The molecule has 1 saturated heterocycles. The molecule has 1 aromatic carbocycles. The fraction of sp³-hybridized carbons (Fsp3) is 0.462. The van der Waals surface area contributed by atoms with Crippen molar-refractivity contribution in [3.8, 4) is 0 Å². The number of piperidine rings is 1. The number of hydrogen-bond donors (Lipinski definition) is 2. The second kappa shape index (κ2) is 5.41. The number of carbonyl (C=O) groups is 1. The van der Waals surface area contributed by atoms with E-state index in [1.807, 2.05) is 0 Å². The molecule has 1 aliphatic rings. The number of nitrogen functional groups attached to an aromatic ring is 1. The third-order valence-corrected chi connectivity index (χ3v) is 5.73.